The van der Waals surface area contributed by atoms with Crippen LogP contribution in [0.5, 0.6) is 0 Å². The number of aromatic amines is 1. The molecule has 18 heavy (non-hydrogen) atoms. The van der Waals surface area contributed by atoms with E-state index in [1.54, 1.807) is 6.33 Å². The predicted octanol–water partition coefficient (Wildman–Crippen LogP) is 0.0166. The van der Waals surface area contributed by atoms with Gasteiger partial charge in [-0.15, -0.1) is 0 Å². The molecule has 1 aliphatic heterocycles. The Bertz CT molecular complexity index is 605. The molecule has 0 aliphatic carbocycles. The largest absolute Gasteiger partial charge is 0.353 e. The maximum Gasteiger partial charge on any atom is 0.278 e. The van der Waals surface area contributed by atoms with Crippen molar-refractivity contribution in [1.82, 2.24) is 24.8 Å². The van der Waals surface area contributed by atoms with Crippen LogP contribution in [-0.4, -0.2) is 39.2 Å². The summed E-state index contributed by atoms with van der Waals surface area (Å²) in [5, 5.41) is 3.10. The Hall–Kier alpha value is -1.73. The van der Waals surface area contributed by atoms with Gasteiger partial charge in [0.2, 0.25) is 0 Å². The minimum atomic E-state index is -0.219. The normalized spacial score (nSPS) is 23.8. The number of hydrogen-bond acceptors (Lipinski definition) is 5. The molecule has 7 nitrogen and oxygen atoms in total. The second kappa shape index (κ2) is 4.51. The lowest BCUT2D eigenvalue weighted by molar-refractivity contribution is 0.00573. The van der Waals surface area contributed by atoms with Gasteiger partial charge in [0.05, 0.1) is 18.8 Å². The minimum Gasteiger partial charge on any atom is -0.353 e. The van der Waals surface area contributed by atoms with Crippen molar-refractivity contribution in [3.8, 4) is 0 Å². The molecule has 0 aromatic carbocycles. The number of rotatable bonds is 3. The van der Waals surface area contributed by atoms with Crippen molar-refractivity contribution >= 4 is 11.2 Å². The van der Waals surface area contributed by atoms with Crippen LogP contribution >= 0.6 is 0 Å². The SMILES string of the molecule is CNCC1CCC(n2cnc3c(=O)[nH]cnc32)O1. The number of ether oxygens (including phenoxy) is 1. The molecular weight excluding hydrogens is 234 g/mol. The van der Waals surface area contributed by atoms with Crippen LogP contribution in [0.2, 0.25) is 0 Å². The third-order valence-electron chi connectivity index (χ3n) is 3.19. The Labute approximate surface area is 103 Å². The monoisotopic (exact) mass is 249 g/mol. The fraction of sp³-hybridized carbons (Fsp3) is 0.545. The highest BCUT2D eigenvalue weighted by atomic mass is 16.5. The molecule has 0 saturated carbocycles. The van der Waals surface area contributed by atoms with Gasteiger partial charge in [0.15, 0.2) is 11.2 Å². The molecule has 1 fully saturated rings. The van der Waals surface area contributed by atoms with Gasteiger partial charge in [-0.2, -0.15) is 0 Å². The number of likely N-dealkylation sites (N-methyl/N-ethyl adjacent to an activating group) is 1. The maximum atomic E-state index is 11.6. The predicted molar refractivity (Wildman–Crippen MR) is 65.2 cm³/mol. The van der Waals surface area contributed by atoms with E-state index in [4.69, 9.17) is 4.74 Å². The van der Waals surface area contributed by atoms with Gasteiger partial charge >= 0.3 is 0 Å². The van der Waals surface area contributed by atoms with E-state index in [1.165, 1.54) is 6.33 Å². The molecule has 0 radical (unpaired) electrons. The molecule has 1 aliphatic rings. The van der Waals surface area contributed by atoms with E-state index >= 15 is 0 Å². The standard InChI is InChI=1S/C11H15N5O2/c1-12-4-7-2-3-8(18-7)16-6-15-9-10(16)13-5-14-11(9)17/h5-8,12H,2-4H2,1H3,(H,13,14,17). The average Bonchev–Trinajstić information content (AvgIpc) is 2.96. The van der Waals surface area contributed by atoms with Gasteiger partial charge in [-0.1, -0.05) is 0 Å². The summed E-state index contributed by atoms with van der Waals surface area (Å²) < 4.78 is 7.74. The molecule has 2 N–H and O–H groups in total. The summed E-state index contributed by atoms with van der Waals surface area (Å²) in [5.74, 6) is 0. The number of fused-ring (bicyclic) bond motifs is 1. The van der Waals surface area contributed by atoms with E-state index in [-0.39, 0.29) is 17.9 Å². The topological polar surface area (TPSA) is 84.8 Å². The summed E-state index contributed by atoms with van der Waals surface area (Å²) >= 11 is 0. The van der Waals surface area contributed by atoms with Crippen LogP contribution in [0, 0.1) is 0 Å². The highest BCUT2D eigenvalue weighted by molar-refractivity contribution is 5.68. The minimum absolute atomic E-state index is 0.0809. The van der Waals surface area contributed by atoms with E-state index in [0.29, 0.717) is 11.2 Å². The molecule has 7 heteroatoms. The number of H-pyrrole nitrogens is 1. The van der Waals surface area contributed by atoms with Crippen molar-refractivity contribution in [3.05, 3.63) is 23.0 Å². The van der Waals surface area contributed by atoms with Crippen molar-refractivity contribution < 1.29 is 4.74 Å². The summed E-state index contributed by atoms with van der Waals surface area (Å²) in [6.45, 7) is 0.830. The number of nitrogens with zero attached hydrogens (tertiary/aromatic N) is 3. The first-order valence-electron chi connectivity index (χ1n) is 6.00. The molecule has 3 rings (SSSR count). The Morgan fingerprint density at radius 3 is 3.28 bits per heavy atom. The highest BCUT2D eigenvalue weighted by Crippen LogP contribution is 2.29. The van der Waals surface area contributed by atoms with Gasteiger partial charge < -0.3 is 15.0 Å². The highest BCUT2D eigenvalue weighted by Gasteiger charge is 2.27. The Balaban J connectivity index is 1.92. The van der Waals surface area contributed by atoms with Gasteiger partial charge in [0, 0.05) is 6.54 Å². The van der Waals surface area contributed by atoms with E-state index in [9.17, 15) is 4.79 Å². The van der Waals surface area contributed by atoms with E-state index < -0.39 is 0 Å². The smallest absolute Gasteiger partial charge is 0.278 e. The summed E-state index contributed by atoms with van der Waals surface area (Å²) in [5.41, 5.74) is 0.718. The fourth-order valence-corrected chi connectivity index (χ4v) is 2.34. The molecular formula is C11H15N5O2. The molecule has 1 saturated heterocycles. The third-order valence-corrected chi connectivity index (χ3v) is 3.19. The Kier molecular flexibility index (Phi) is 2.85. The molecule has 2 atom stereocenters. The van der Waals surface area contributed by atoms with Gasteiger partial charge in [-0.05, 0) is 19.9 Å². The number of aromatic nitrogens is 4. The number of nitrogens with one attached hydrogen (secondary N) is 2. The van der Waals surface area contributed by atoms with Gasteiger partial charge in [0.1, 0.15) is 6.23 Å². The molecule has 96 valence electrons. The summed E-state index contributed by atoms with van der Waals surface area (Å²) in [6.07, 6.45) is 5.05. The summed E-state index contributed by atoms with van der Waals surface area (Å²) in [6, 6.07) is 0. The van der Waals surface area contributed by atoms with Crippen LogP contribution in [0.4, 0.5) is 0 Å². The molecule has 2 aromatic heterocycles. The van der Waals surface area contributed by atoms with Crippen LogP contribution in [0.1, 0.15) is 19.1 Å². The zero-order valence-corrected chi connectivity index (χ0v) is 10.1. The van der Waals surface area contributed by atoms with Crippen LogP contribution in [0.25, 0.3) is 11.2 Å². The van der Waals surface area contributed by atoms with Crippen molar-refractivity contribution in [2.45, 2.75) is 25.2 Å². The zero-order valence-electron chi connectivity index (χ0n) is 10.1. The Morgan fingerprint density at radius 2 is 2.44 bits per heavy atom. The number of imidazole rings is 1. The van der Waals surface area contributed by atoms with Gasteiger partial charge in [-0.3, -0.25) is 9.36 Å². The molecule has 0 spiro atoms. The number of hydrogen-bond donors (Lipinski definition) is 2. The van der Waals surface area contributed by atoms with E-state index in [2.05, 4.69) is 20.3 Å². The summed E-state index contributed by atoms with van der Waals surface area (Å²) in [7, 11) is 1.91. The van der Waals surface area contributed by atoms with Crippen molar-refractivity contribution in [2.24, 2.45) is 0 Å². The van der Waals surface area contributed by atoms with Gasteiger partial charge in [0.25, 0.3) is 5.56 Å². The van der Waals surface area contributed by atoms with E-state index in [1.807, 2.05) is 11.6 Å². The first-order chi connectivity index (χ1) is 8.79. The van der Waals surface area contributed by atoms with Gasteiger partial charge in [-0.25, -0.2) is 9.97 Å². The van der Waals surface area contributed by atoms with Crippen LogP contribution in [0.15, 0.2) is 17.4 Å². The molecule has 3 heterocycles. The maximum absolute atomic E-state index is 11.6. The summed E-state index contributed by atoms with van der Waals surface area (Å²) in [4.78, 5) is 22.3. The Morgan fingerprint density at radius 1 is 1.56 bits per heavy atom. The zero-order chi connectivity index (χ0) is 12.5. The second-order valence-corrected chi connectivity index (χ2v) is 4.40. The lowest BCUT2D eigenvalue weighted by atomic mass is 10.2. The third kappa shape index (κ3) is 1.81. The lowest BCUT2D eigenvalue weighted by Gasteiger charge is -2.14. The first-order valence-corrected chi connectivity index (χ1v) is 6.00. The average molecular weight is 249 g/mol. The van der Waals surface area contributed by atoms with Crippen molar-refractivity contribution in [1.29, 1.82) is 0 Å². The molecule has 0 bridgehead atoms. The van der Waals surface area contributed by atoms with Crippen LogP contribution < -0.4 is 10.9 Å². The van der Waals surface area contributed by atoms with Crippen LogP contribution in [-0.2, 0) is 4.74 Å². The van der Waals surface area contributed by atoms with Crippen LogP contribution in [0.3, 0.4) is 0 Å². The molecule has 2 aromatic rings. The fourth-order valence-electron chi connectivity index (χ4n) is 2.34. The lowest BCUT2D eigenvalue weighted by Crippen LogP contribution is -2.23. The van der Waals surface area contributed by atoms with Crippen molar-refractivity contribution in [3.63, 3.8) is 0 Å². The van der Waals surface area contributed by atoms with E-state index in [0.717, 1.165) is 19.4 Å². The van der Waals surface area contributed by atoms with Crippen molar-refractivity contribution in [2.75, 3.05) is 13.6 Å². The molecule has 2 unspecified atom stereocenters. The first kappa shape index (κ1) is 11.4. The second-order valence-electron chi connectivity index (χ2n) is 4.40. The molecule has 0 amide bonds. The quantitative estimate of drug-likeness (QED) is 0.801.